The fraction of sp³-hybridized carbons (Fsp3) is 0.684. The quantitative estimate of drug-likeness (QED) is 0.742. The number of hydrogen-bond acceptors (Lipinski definition) is 4. The van der Waals surface area contributed by atoms with Crippen LogP contribution in [0.15, 0.2) is 18.3 Å². The molecule has 2 aliphatic rings. The number of rotatable bonds is 8. The Hall–Kier alpha value is -1.46. The SMILES string of the molecule is CCOCCC(=O)N[C@H]1CN(Cc2ncccc2C)C[C@@H]1C1CC1. The van der Waals surface area contributed by atoms with Gasteiger partial charge in [0.2, 0.25) is 5.91 Å². The number of nitrogens with zero attached hydrogens (tertiary/aromatic N) is 2. The van der Waals surface area contributed by atoms with Crippen molar-refractivity contribution in [1.82, 2.24) is 15.2 Å². The van der Waals surface area contributed by atoms with Crippen LogP contribution >= 0.6 is 0 Å². The zero-order valence-electron chi connectivity index (χ0n) is 14.8. The molecule has 0 radical (unpaired) electrons. The second-order valence-electron chi connectivity index (χ2n) is 7.08. The largest absolute Gasteiger partial charge is 0.381 e. The van der Waals surface area contributed by atoms with Gasteiger partial charge in [-0.1, -0.05) is 6.07 Å². The number of amides is 1. The van der Waals surface area contributed by atoms with Crippen LogP contribution in [0, 0.1) is 18.8 Å². The molecule has 1 saturated carbocycles. The van der Waals surface area contributed by atoms with Crippen molar-refractivity contribution < 1.29 is 9.53 Å². The lowest BCUT2D eigenvalue weighted by molar-refractivity contribution is -0.123. The minimum atomic E-state index is 0.120. The third kappa shape index (κ3) is 4.54. The Kier molecular flexibility index (Phi) is 5.85. The monoisotopic (exact) mass is 331 g/mol. The zero-order valence-corrected chi connectivity index (χ0v) is 14.8. The first-order valence-electron chi connectivity index (χ1n) is 9.17. The maximum Gasteiger partial charge on any atom is 0.222 e. The first kappa shape index (κ1) is 17.4. The zero-order chi connectivity index (χ0) is 16.9. The molecular weight excluding hydrogens is 302 g/mol. The van der Waals surface area contributed by atoms with Crippen LogP contribution in [0.4, 0.5) is 0 Å². The van der Waals surface area contributed by atoms with Crippen LogP contribution in [0.5, 0.6) is 0 Å². The molecule has 24 heavy (non-hydrogen) atoms. The fourth-order valence-electron chi connectivity index (χ4n) is 3.68. The molecule has 1 aromatic heterocycles. The van der Waals surface area contributed by atoms with Crippen LogP contribution in [0.25, 0.3) is 0 Å². The van der Waals surface area contributed by atoms with Crippen molar-refractivity contribution in [1.29, 1.82) is 0 Å². The first-order valence-corrected chi connectivity index (χ1v) is 9.17. The van der Waals surface area contributed by atoms with E-state index in [0.717, 1.165) is 31.2 Å². The summed E-state index contributed by atoms with van der Waals surface area (Å²) in [7, 11) is 0. The molecule has 0 bridgehead atoms. The van der Waals surface area contributed by atoms with E-state index in [1.54, 1.807) is 0 Å². The molecule has 3 rings (SSSR count). The van der Waals surface area contributed by atoms with E-state index in [2.05, 4.69) is 28.2 Å². The average Bonchev–Trinajstić information content (AvgIpc) is 3.33. The van der Waals surface area contributed by atoms with Crippen molar-refractivity contribution in [2.24, 2.45) is 11.8 Å². The predicted octanol–water partition coefficient (Wildman–Crippen LogP) is 2.14. The number of carbonyl (C=O) groups is 1. The molecule has 1 aromatic rings. The predicted molar refractivity (Wildman–Crippen MR) is 93.5 cm³/mol. The van der Waals surface area contributed by atoms with Gasteiger partial charge in [-0.15, -0.1) is 0 Å². The Labute approximate surface area is 144 Å². The minimum Gasteiger partial charge on any atom is -0.381 e. The summed E-state index contributed by atoms with van der Waals surface area (Å²) in [6, 6.07) is 4.37. The van der Waals surface area contributed by atoms with Gasteiger partial charge in [0.1, 0.15) is 0 Å². The van der Waals surface area contributed by atoms with Gasteiger partial charge in [0.25, 0.3) is 0 Å². The van der Waals surface area contributed by atoms with Gasteiger partial charge in [-0.25, -0.2) is 0 Å². The van der Waals surface area contributed by atoms with E-state index in [-0.39, 0.29) is 11.9 Å². The Morgan fingerprint density at radius 1 is 1.42 bits per heavy atom. The highest BCUT2D eigenvalue weighted by Crippen LogP contribution is 2.41. The summed E-state index contributed by atoms with van der Waals surface area (Å²) in [6.07, 6.45) is 4.95. The second-order valence-corrected chi connectivity index (χ2v) is 7.08. The van der Waals surface area contributed by atoms with E-state index >= 15 is 0 Å². The maximum absolute atomic E-state index is 12.2. The van der Waals surface area contributed by atoms with Gasteiger partial charge >= 0.3 is 0 Å². The lowest BCUT2D eigenvalue weighted by Crippen LogP contribution is -2.41. The fourth-order valence-corrected chi connectivity index (χ4v) is 3.68. The minimum absolute atomic E-state index is 0.120. The van der Waals surface area contributed by atoms with Gasteiger partial charge in [0, 0.05) is 44.9 Å². The third-order valence-corrected chi connectivity index (χ3v) is 5.18. The smallest absolute Gasteiger partial charge is 0.222 e. The number of carbonyl (C=O) groups excluding carboxylic acids is 1. The number of pyridine rings is 1. The molecule has 132 valence electrons. The van der Waals surface area contributed by atoms with Crippen LogP contribution in [0.3, 0.4) is 0 Å². The van der Waals surface area contributed by atoms with Crippen LogP contribution in [-0.2, 0) is 16.1 Å². The van der Waals surface area contributed by atoms with E-state index in [1.807, 2.05) is 19.2 Å². The molecule has 0 unspecified atom stereocenters. The molecule has 1 aliphatic carbocycles. The molecule has 5 nitrogen and oxygen atoms in total. The number of aromatic nitrogens is 1. The third-order valence-electron chi connectivity index (χ3n) is 5.18. The topological polar surface area (TPSA) is 54.5 Å². The second kappa shape index (κ2) is 8.08. The number of nitrogens with one attached hydrogen (secondary N) is 1. The Balaban J connectivity index is 1.56. The number of hydrogen-bond donors (Lipinski definition) is 1. The summed E-state index contributed by atoms with van der Waals surface area (Å²) in [5, 5.41) is 3.26. The molecule has 1 saturated heterocycles. The van der Waals surface area contributed by atoms with Crippen LogP contribution in [0.2, 0.25) is 0 Å². The van der Waals surface area contributed by atoms with E-state index in [0.29, 0.717) is 25.6 Å². The van der Waals surface area contributed by atoms with Gasteiger partial charge < -0.3 is 10.1 Å². The molecule has 1 N–H and O–H groups in total. The highest BCUT2D eigenvalue weighted by molar-refractivity contribution is 5.76. The molecule has 1 amide bonds. The molecule has 0 aromatic carbocycles. The van der Waals surface area contributed by atoms with Crippen molar-refractivity contribution in [3.05, 3.63) is 29.6 Å². The van der Waals surface area contributed by atoms with E-state index in [9.17, 15) is 4.79 Å². The summed E-state index contributed by atoms with van der Waals surface area (Å²) in [6.45, 7) is 8.12. The summed E-state index contributed by atoms with van der Waals surface area (Å²) in [5.74, 6) is 1.50. The molecule has 2 heterocycles. The standard InChI is InChI=1S/C19H29N3O2/c1-3-24-10-8-19(23)21-18-13-22(11-16(18)15-6-7-15)12-17-14(2)5-4-9-20-17/h4-5,9,15-16,18H,3,6-8,10-13H2,1-2H3,(H,21,23)/t16-,18+/m1/s1. The van der Waals surface area contributed by atoms with Crippen molar-refractivity contribution in [2.45, 2.75) is 45.7 Å². The Bertz CT molecular complexity index is 559. The van der Waals surface area contributed by atoms with Crippen LogP contribution < -0.4 is 5.32 Å². The summed E-state index contributed by atoms with van der Waals surface area (Å²) < 4.78 is 5.29. The van der Waals surface area contributed by atoms with E-state index < -0.39 is 0 Å². The van der Waals surface area contributed by atoms with Gasteiger partial charge in [-0.2, -0.15) is 0 Å². The number of likely N-dealkylation sites (tertiary alicyclic amines) is 1. The summed E-state index contributed by atoms with van der Waals surface area (Å²) in [5.41, 5.74) is 2.39. The van der Waals surface area contributed by atoms with Crippen LogP contribution in [-0.4, -0.2) is 48.1 Å². The molecule has 2 atom stereocenters. The van der Waals surface area contributed by atoms with Gasteiger partial charge in [-0.3, -0.25) is 14.7 Å². The van der Waals surface area contributed by atoms with Crippen molar-refractivity contribution in [3.63, 3.8) is 0 Å². The lowest BCUT2D eigenvalue weighted by atomic mass is 9.98. The lowest BCUT2D eigenvalue weighted by Gasteiger charge is -2.19. The van der Waals surface area contributed by atoms with E-state index in [1.165, 1.54) is 18.4 Å². The van der Waals surface area contributed by atoms with Gasteiger partial charge in [0.15, 0.2) is 0 Å². The summed E-state index contributed by atoms with van der Waals surface area (Å²) in [4.78, 5) is 19.1. The molecule has 0 spiro atoms. The number of ether oxygens (including phenoxy) is 1. The molecular formula is C19H29N3O2. The van der Waals surface area contributed by atoms with Crippen molar-refractivity contribution in [3.8, 4) is 0 Å². The highest BCUT2D eigenvalue weighted by atomic mass is 16.5. The van der Waals surface area contributed by atoms with Gasteiger partial charge in [0.05, 0.1) is 12.3 Å². The normalized spacial score (nSPS) is 24.2. The first-order chi connectivity index (χ1) is 11.7. The van der Waals surface area contributed by atoms with Crippen molar-refractivity contribution >= 4 is 5.91 Å². The van der Waals surface area contributed by atoms with Crippen molar-refractivity contribution in [2.75, 3.05) is 26.3 Å². The highest BCUT2D eigenvalue weighted by Gasteiger charge is 2.42. The van der Waals surface area contributed by atoms with Crippen LogP contribution in [0.1, 0.15) is 37.4 Å². The summed E-state index contributed by atoms with van der Waals surface area (Å²) >= 11 is 0. The Morgan fingerprint density at radius 2 is 2.25 bits per heavy atom. The molecule has 1 aliphatic heterocycles. The van der Waals surface area contributed by atoms with E-state index in [4.69, 9.17) is 4.74 Å². The number of aryl methyl sites for hydroxylation is 1. The maximum atomic E-state index is 12.2. The molecule has 2 fully saturated rings. The Morgan fingerprint density at radius 3 is 2.96 bits per heavy atom. The molecule has 5 heteroatoms. The van der Waals surface area contributed by atoms with Gasteiger partial charge in [-0.05, 0) is 50.2 Å². The average molecular weight is 331 g/mol.